The molecule has 0 amide bonds. The predicted octanol–water partition coefficient (Wildman–Crippen LogP) is 2.16. The maximum absolute atomic E-state index is 5.73. The SMILES string of the molecule is CCC1CCCC1(C)CN. The summed E-state index contributed by atoms with van der Waals surface area (Å²) in [6.07, 6.45) is 5.46. The van der Waals surface area contributed by atoms with Gasteiger partial charge in [-0.05, 0) is 30.7 Å². The zero-order valence-corrected chi connectivity index (χ0v) is 7.19. The third-order valence-electron chi connectivity index (χ3n) is 3.25. The summed E-state index contributed by atoms with van der Waals surface area (Å²) in [5.74, 6) is 0.900. The number of hydrogen-bond acceptors (Lipinski definition) is 1. The van der Waals surface area contributed by atoms with Crippen LogP contribution < -0.4 is 5.73 Å². The fraction of sp³-hybridized carbons (Fsp3) is 1.00. The van der Waals surface area contributed by atoms with Crippen molar-refractivity contribution >= 4 is 0 Å². The van der Waals surface area contributed by atoms with Crippen molar-refractivity contribution in [3.63, 3.8) is 0 Å². The molecule has 1 aliphatic rings. The summed E-state index contributed by atoms with van der Waals surface area (Å²) in [5, 5.41) is 0. The van der Waals surface area contributed by atoms with E-state index in [2.05, 4.69) is 13.8 Å². The fourth-order valence-corrected chi connectivity index (χ4v) is 2.27. The smallest absolute Gasteiger partial charge is 0.00205 e. The van der Waals surface area contributed by atoms with Gasteiger partial charge >= 0.3 is 0 Å². The Morgan fingerprint density at radius 1 is 1.60 bits per heavy atom. The molecule has 0 spiro atoms. The molecule has 1 heteroatoms. The lowest BCUT2D eigenvalue weighted by Crippen LogP contribution is -2.30. The second-order valence-corrected chi connectivity index (χ2v) is 3.86. The lowest BCUT2D eigenvalue weighted by molar-refractivity contribution is 0.233. The molecule has 0 bridgehead atoms. The Hall–Kier alpha value is -0.0400. The van der Waals surface area contributed by atoms with Crippen LogP contribution in [0.3, 0.4) is 0 Å². The van der Waals surface area contributed by atoms with Crippen molar-refractivity contribution in [2.45, 2.75) is 39.5 Å². The molecule has 1 fully saturated rings. The third kappa shape index (κ3) is 1.20. The Labute approximate surface area is 64.0 Å². The van der Waals surface area contributed by atoms with Gasteiger partial charge < -0.3 is 5.73 Å². The third-order valence-corrected chi connectivity index (χ3v) is 3.25. The highest BCUT2D eigenvalue weighted by Crippen LogP contribution is 2.43. The molecule has 2 atom stereocenters. The quantitative estimate of drug-likeness (QED) is 0.626. The van der Waals surface area contributed by atoms with E-state index in [-0.39, 0.29) is 0 Å². The molecule has 1 nitrogen and oxygen atoms in total. The van der Waals surface area contributed by atoms with Gasteiger partial charge in [0.25, 0.3) is 0 Å². The Morgan fingerprint density at radius 3 is 2.70 bits per heavy atom. The Kier molecular flexibility index (Phi) is 2.35. The average Bonchev–Trinajstić information content (AvgIpc) is 2.32. The first kappa shape index (κ1) is 8.06. The summed E-state index contributed by atoms with van der Waals surface area (Å²) in [6, 6.07) is 0. The maximum atomic E-state index is 5.73. The first-order chi connectivity index (χ1) is 4.73. The summed E-state index contributed by atoms with van der Waals surface area (Å²) < 4.78 is 0. The van der Waals surface area contributed by atoms with Crippen LogP contribution in [0.4, 0.5) is 0 Å². The molecule has 10 heavy (non-hydrogen) atoms. The van der Waals surface area contributed by atoms with Crippen LogP contribution >= 0.6 is 0 Å². The van der Waals surface area contributed by atoms with Crippen LogP contribution in [0.15, 0.2) is 0 Å². The van der Waals surface area contributed by atoms with Gasteiger partial charge in [-0.15, -0.1) is 0 Å². The molecule has 1 saturated carbocycles. The summed E-state index contributed by atoms with van der Waals surface area (Å²) in [4.78, 5) is 0. The molecule has 2 N–H and O–H groups in total. The minimum Gasteiger partial charge on any atom is -0.330 e. The summed E-state index contributed by atoms with van der Waals surface area (Å²) in [5.41, 5.74) is 6.21. The lowest BCUT2D eigenvalue weighted by Gasteiger charge is -2.29. The molecular weight excluding hydrogens is 122 g/mol. The molecular formula is C9H19N. The van der Waals surface area contributed by atoms with Crippen LogP contribution in [-0.4, -0.2) is 6.54 Å². The van der Waals surface area contributed by atoms with E-state index in [9.17, 15) is 0 Å². The molecule has 0 aromatic rings. The Bertz CT molecular complexity index is 111. The highest BCUT2D eigenvalue weighted by molar-refractivity contribution is 4.88. The minimum atomic E-state index is 0.481. The number of rotatable bonds is 2. The van der Waals surface area contributed by atoms with Crippen LogP contribution in [0.25, 0.3) is 0 Å². The van der Waals surface area contributed by atoms with Gasteiger partial charge in [-0.3, -0.25) is 0 Å². The van der Waals surface area contributed by atoms with Crippen LogP contribution in [0.1, 0.15) is 39.5 Å². The van der Waals surface area contributed by atoms with E-state index < -0.39 is 0 Å². The highest BCUT2D eigenvalue weighted by atomic mass is 14.6. The molecule has 0 radical (unpaired) electrons. The van der Waals surface area contributed by atoms with Gasteiger partial charge in [-0.2, -0.15) is 0 Å². The standard InChI is InChI=1S/C9H19N/c1-3-8-5-4-6-9(8,2)7-10/h8H,3-7,10H2,1-2H3. The van der Waals surface area contributed by atoms with E-state index in [1.165, 1.54) is 25.7 Å². The fourth-order valence-electron chi connectivity index (χ4n) is 2.27. The molecule has 0 heterocycles. The van der Waals surface area contributed by atoms with Gasteiger partial charge in [0.15, 0.2) is 0 Å². The van der Waals surface area contributed by atoms with Crippen molar-refractivity contribution in [3.8, 4) is 0 Å². The van der Waals surface area contributed by atoms with Crippen LogP contribution in [-0.2, 0) is 0 Å². The van der Waals surface area contributed by atoms with E-state index in [4.69, 9.17) is 5.73 Å². The lowest BCUT2D eigenvalue weighted by atomic mass is 9.78. The van der Waals surface area contributed by atoms with E-state index in [1.54, 1.807) is 0 Å². The monoisotopic (exact) mass is 141 g/mol. The van der Waals surface area contributed by atoms with E-state index in [0.717, 1.165) is 12.5 Å². The van der Waals surface area contributed by atoms with Gasteiger partial charge in [-0.25, -0.2) is 0 Å². The van der Waals surface area contributed by atoms with Gasteiger partial charge in [0.1, 0.15) is 0 Å². The second-order valence-electron chi connectivity index (χ2n) is 3.86. The van der Waals surface area contributed by atoms with Crippen LogP contribution in [0.5, 0.6) is 0 Å². The average molecular weight is 141 g/mol. The molecule has 1 rings (SSSR count). The van der Waals surface area contributed by atoms with Crippen molar-refractivity contribution < 1.29 is 0 Å². The molecule has 0 aromatic carbocycles. The number of nitrogens with two attached hydrogens (primary N) is 1. The van der Waals surface area contributed by atoms with Crippen molar-refractivity contribution in [3.05, 3.63) is 0 Å². The van der Waals surface area contributed by atoms with Crippen molar-refractivity contribution in [1.82, 2.24) is 0 Å². The van der Waals surface area contributed by atoms with Gasteiger partial charge in [-0.1, -0.05) is 26.7 Å². The highest BCUT2D eigenvalue weighted by Gasteiger charge is 2.35. The van der Waals surface area contributed by atoms with Crippen LogP contribution in [0, 0.1) is 11.3 Å². The topological polar surface area (TPSA) is 26.0 Å². The van der Waals surface area contributed by atoms with Crippen LogP contribution in [0.2, 0.25) is 0 Å². The zero-order valence-electron chi connectivity index (χ0n) is 7.19. The first-order valence-corrected chi connectivity index (χ1v) is 4.43. The Morgan fingerprint density at radius 2 is 2.30 bits per heavy atom. The molecule has 60 valence electrons. The maximum Gasteiger partial charge on any atom is -0.00205 e. The van der Waals surface area contributed by atoms with Gasteiger partial charge in [0.05, 0.1) is 0 Å². The normalized spacial score (nSPS) is 40.5. The number of hydrogen-bond donors (Lipinski definition) is 1. The van der Waals surface area contributed by atoms with E-state index in [1.807, 2.05) is 0 Å². The second kappa shape index (κ2) is 2.91. The van der Waals surface area contributed by atoms with Gasteiger partial charge in [0, 0.05) is 0 Å². The Balaban J connectivity index is 2.56. The summed E-state index contributed by atoms with van der Waals surface area (Å²) >= 11 is 0. The first-order valence-electron chi connectivity index (χ1n) is 4.43. The molecule has 0 saturated heterocycles. The molecule has 2 unspecified atom stereocenters. The van der Waals surface area contributed by atoms with E-state index in [0.29, 0.717) is 5.41 Å². The minimum absolute atomic E-state index is 0.481. The van der Waals surface area contributed by atoms with Crippen molar-refractivity contribution in [2.75, 3.05) is 6.54 Å². The van der Waals surface area contributed by atoms with Crippen molar-refractivity contribution in [2.24, 2.45) is 17.1 Å². The van der Waals surface area contributed by atoms with Crippen molar-refractivity contribution in [1.29, 1.82) is 0 Å². The molecule has 0 aromatic heterocycles. The summed E-state index contributed by atoms with van der Waals surface area (Å²) in [7, 11) is 0. The largest absolute Gasteiger partial charge is 0.330 e. The zero-order chi connectivity index (χ0) is 7.61. The molecule has 1 aliphatic carbocycles. The van der Waals surface area contributed by atoms with E-state index >= 15 is 0 Å². The molecule has 0 aliphatic heterocycles. The predicted molar refractivity (Wildman–Crippen MR) is 44.8 cm³/mol. The summed E-state index contributed by atoms with van der Waals surface area (Å²) in [6.45, 7) is 5.50. The van der Waals surface area contributed by atoms with Gasteiger partial charge in [0.2, 0.25) is 0 Å².